The van der Waals surface area contributed by atoms with E-state index in [4.69, 9.17) is 10.1 Å². The maximum atomic E-state index is 9.65. The van der Waals surface area contributed by atoms with E-state index >= 15 is 0 Å². The van der Waals surface area contributed by atoms with Crippen molar-refractivity contribution >= 4 is 21.8 Å². The number of benzene rings is 1. The Kier molecular flexibility index (Phi) is 4.10. The summed E-state index contributed by atoms with van der Waals surface area (Å²) in [5.41, 5.74) is 0.659. The number of hydrogen-bond acceptors (Lipinski definition) is 3. The summed E-state index contributed by atoms with van der Waals surface area (Å²) in [5, 5.41) is 17.0. The van der Waals surface area contributed by atoms with E-state index in [1.165, 1.54) is 0 Å². The summed E-state index contributed by atoms with van der Waals surface area (Å²) in [7, 11) is 0. The van der Waals surface area contributed by atoms with Crippen molar-refractivity contribution in [2.24, 2.45) is 0 Å². The van der Waals surface area contributed by atoms with E-state index in [-0.39, 0.29) is 5.90 Å². The fourth-order valence-corrected chi connectivity index (χ4v) is 1.30. The molecule has 1 rings (SSSR count). The zero-order valence-corrected chi connectivity index (χ0v) is 9.41. The van der Waals surface area contributed by atoms with Gasteiger partial charge in [-0.1, -0.05) is 28.1 Å². The highest BCUT2D eigenvalue weighted by Crippen LogP contribution is 2.17. The maximum absolute atomic E-state index is 9.65. The van der Waals surface area contributed by atoms with Gasteiger partial charge in [0.15, 0.2) is 6.10 Å². The molecule has 0 aliphatic heterocycles. The summed E-state index contributed by atoms with van der Waals surface area (Å²) in [6, 6.07) is 7.14. The Morgan fingerprint density at radius 2 is 2.07 bits per heavy atom. The lowest BCUT2D eigenvalue weighted by Gasteiger charge is -2.12. The van der Waals surface area contributed by atoms with E-state index in [1.807, 2.05) is 12.1 Å². The molecule has 1 atom stereocenters. The van der Waals surface area contributed by atoms with E-state index in [2.05, 4.69) is 15.9 Å². The predicted octanol–water partition coefficient (Wildman–Crippen LogP) is 2.50. The van der Waals surface area contributed by atoms with Crippen LogP contribution in [0.4, 0.5) is 0 Å². The Morgan fingerprint density at radius 1 is 1.50 bits per heavy atom. The lowest BCUT2D eigenvalue weighted by molar-refractivity contribution is 0.190. The van der Waals surface area contributed by atoms with Crippen molar-refractivity contribution in [2.75, 3.05) is 6.61 Å². The number of hydrogen-bond donors (Lipinski definition) is 2. The molecule has 14 heavy (non-hydrogen) atoms. The van der Waals surface area contributed by atoms with Gasteiger partial charge in [0.2, 0.25) is 5.90 Å². The largest absolute Gasteiger partial charge is 0.479 e. The van der Waals surface area contributed by atoms with Gasteiger partial charge in [0.05, 0.1) is 6.61 Å². The molecular formula is C10H12BrNO2. The molecule has 0 heterocycles. The molecule has 4 heteroatoms. The summed E-state index contributed by atoms with van der Waals surface area (Å²) in [4.78, 5) is 0. The van der Waals surface area contributed by atoms with E-state index in [0.717, 1.165) is 4.47 Å². The van der Waals surface area contributed by atoms with Crippen LogP contribution < -0.4 is 0 Å². The van der Waals surface area contributed by atoms with Crippen LogP contribution in [0.2, 0.25) is 0 Å². The fourth-order valence-electron chi connectivity index (χ4n) is 1.03. The number of ether oxygens (including phenoxy) is 1. The molecule has 0 radical (unpaired) electrons. The van der Waals surface area contributed by atoms with Crippen LogP contribution in [0.1, 0.15) is 18.6 Å². The summed E-state index contributed by atoms with van der Waals surface area (Å²) in [6.07, 6.45) is -0.969. The lowest BCUT2D eigenvalue weighted by Crippen LogP contribution is -2.14. The molecule has 0 aliphatic carbocycles. The smallest absolute Gasteiger partial charge is 0.214 e. The molecule has 3 nitrogen and oxygen atoms in total. The number of halogens is 1. The van der Waals surface area contributed by atoms with Crippen molar-refractivity contribution in [1.29, 1.82) is 5.41 Å². The van der Waals surface area contributed by atoms with Crippen molar-refractivity contribution in [3.8, 4) is 0 Å². The average molecular weight is 258 g/mol. The van der Waals surface area contributed by atoms with Gasteiger partial charge in [0, 0.05) is 4.47 Å². The van der Waals surface area contributed by atoms with Gasteiger partial charge in [-0.05, 0) is 24.6 Å². The Hall–Kier alpha value is -0.870. The van der Waals surface area contributed by atoms with E-state index in [0.29, 0.717) is 12.2 Å². The molecule has 0 aromatic heterocycles. The predicted molar refractivity (Wildman–Crippen MR) is 58.5 cm³/mol. The maximum Gasteiger partial charge on any atom is 0.214 e. The van der Waals surface area contributed by atoms with Gasteiger partial charge < -0.3 is 9.84 Å². The van der Waals surface area contributed by atoms with Crippen molar-refractivity contribution < 1.29 is 9.84 Å². The molecule has 0 aliphatic rings. The van der Waals surface area contributed by atoms with Gasteiger partial charge >= 0.3 is 0 Å². The first-order chi connectivity index (χ1) is 6.65. The van der Waals surface area contributed by atoms with Crippen molar-refractivity contribution in [1.82, 2.24) is 0 Å². The molecule has 0 saturated heterocycles. The second kappa shape index (κ2) is 5.12. The third kappa shape index (κ3) is 2.82. The van der Waals surface area contributed by atoms with Gasteiger partial charge in [0.25, 0.3) is 0 Å². The number of aliphatic hydroxyl groups is 1. The van der Waals surface area contributed by atoms with Crippen LogP contribution >= 0.6 is 15.9 Å². The molecule has 0 bridgehead atoms. The monoisotopic (exact) mass is 257 g/mol. The zero-order chi connectivity index (χ0) is 10.6. The molecule has 0 saturated carbocycles. The van der Waals surface area contributed by atoms with Crippen LogP contribution in [-0.4, -0.2) is 17.6 Å². The van der Waals surface area contributed by atoms with Gasteiger partial charge in [-0.3, -0.25) is 5.41 Å². The molecular weight excluding hydrogens is 246 g/mol. The highest BCUT2D eigenvalue weighted by Gasteiger charge is 2.13. The highest BCUT2D eigenvalue weighted by atomic mass is 79.9. The molecule has 76 valence electrons. The molecule has 1 aromatic carbocycles. The molecule has 0 fully saturated rings. The summed E-state index contributed by atoms with van der Waals surface area (Å²) in [6.45, 7) is 2.18. The Bertz CT molecular complexity index is 310. The van der Waals surface area contributed by atoms with Gasteiger partial charge in [0.1, 0.15) is 0 Å². The number of nitrogens with one attached hydrogen (secondary N) is 1. The highest BCUT2D eigenvalue weighted by molar-refractivity contribution is 9.10. The Morgan fingerprint density at radius 3 is 2.57 bits per heavy atom. The van der Waals surface area contributed by atoms with Gasteiger partial charge in [-0.15, -0.1) is 0 Å². The average Bonchev–Trinajstić information content (AvgIpc) is 2.18. The molecule has 1 aromatic rings. The number of rotatable bonds is 3. The van der Waals surface area contributed by atoms with Crippen molar-refractivity contribution in [3.63, 3.8) is 0 Å². The van der Waals surface area contributed by atoms with Crippen molar-refractivity contribution in [3.05, 3.63) is 34.3 Å². The third-order valence-corrected chi connectivity index (χ3v) is 2.26. The third-order valence-electron chi connectivity index (χ3n) is 1.73. The number of aliphatic hydroxyl groups excluding tert-OH is 1. The first kappa shape index (κ1) is 11.2. The van der Waals surface area contributed by atoms with Crippen LogP contribution in [-0.2, 0) is 4.74 Å². The second-order valence-corrected chi connectivity index (χ2v) is 3.67. The van der Waals surface area contributed by atoms with Crippen LogP contribution in [0, 0.1) is 5.41 Å². The minimum atomic E-state index is -0.969. The van der Waals surface area contributed by atoms with Gasteiger partial charge in [-0.2, -0.15) is 0 Å². The Labute approximate surface area is 91.4 Å². The SMILES string of the molecule is CCOC(=N)C(O)c1ccc(Br)cc1. The summed E-state index contributed by atoms with van der Waals surface area (Å²) < 4.78 is 5.85. The van der Waals surface area contributed by atoms with Crippen LogP contribution in [0.25, 0.3) is 0 Å². The van der Waals surface area contributed by atoms with E-state index < -0.39 is 6.10 Å². The first-order valence-electron chi connectivity index (χ1n) is 4.30. The summed E-state index contributed by atoms with van der Waals surface area (Å²) in [5.74, 6) is -0.116. The standard InChI is InChI=1S/C10H12BrNO2/c1-2-14-10(12)9(13)7-3-5-8(11)6-4-7/h3-6,9,12-13H,2H2,1H3. The van der Waals surface area contributed by atoms with E-state index in [1.54, 1.807) is 19.1 Å². The second-order valence-electron chi connectivity index (χ2n) is 2.75. The van der Waals surface area contributed by atoms with E-state index in [9.17, 15) is 5.11 Å². The van der Waals surface area contributed by atoms with Gasteiger partial charge in [-0.25, -0.2) is 0 Å². The van der Waals surface area contributed by atoms with Crippen LogP contribution in [0.5, 0.6) is 0 Å². The molecule has 0 amide bonds. The molecule has 2 N–H and O–H groups in total. The molecule has 0 spiro atoms. The zero-order valence-electron chi connectivity index (χ0n) is 7.83. The quantitative estimate of drug-likeness (QED) is 0.646. The first-order valence-corrected chi connectivity index (χ1v) is 5.09. The minimum Gasteiger partial charge on any atom is -0.479 e. The lowest BCUT2D eigenvalue weighted by atomic mass is 10.1. The van der Waals surface area contributed by atoms with Crippen molar-refractivity contribution in [2.45, 2.75) is 13.0 Å². The van der Waals surface area contributed by atoms with Crippen LogP contribution in [0.3, 0.4) is 0 Å². The fraction of sp³-hybridized carbons (Fsp3) is 0.300. The minimum absolute atomic E-state index is 0.116. The van der Waals surface area contributed by atoms with Crippen LogP contribution in [0.15, 0.2) is 28.7 Å². The topological polar surface area (TPSA) is 53.3 Å². The normalized spacial score (nSPS) is 12.2. The Balaban J connectivity index is 2.73. The summed E-state index contributed by atoms with van der Waals surface area (Å²) >= 11 is 3.30. The molecule has 1 unspecified atom stereocenters.